The van der Waals surface area contributed by atoms with Gasteiger partial charge in [0.1, 0.15) is 17.5 Å². The van der Waals surface area contributed by atoms with Gasteiger partial charge in [0, 0.05) is 18.5 Å². The van der Waals surface area contributed by atoms with E-state index in [1.165, 1.54) is 25.7 Å². The summed E-state index contributed by atoms with van der Waals surface area (Å²) >= 11 is 0. The molecule has 0 radical (unpaired) electrons. The third kappa shape index (κ3) is 4.54. The largest absolute Gasteiger partial charge is 0.376 e. The van der Waals surface area contributed by atoms with Crippen molar-refractivity contribution in [2.75, 3.05) is 23.9 Å². The van der Waals surface area contributed by atoms with Crippen molar-refractivity contribution in [3.8, 4) is 0 Å². The molecule has 4 N–H and O–H groups in total. The molecule has 6 heteroatoms. The maximum absolute atomic E-state index is 5.85. The number of aromatic nitrogens is 2. The molecule has 0 aromatic carbocycles. The summed E-state index contributed by atoms with van der Waals surface area (Å²) in [6.45, 7) is 5.54. The fourth-order valence-corrected chi connectivity index (χ4v) is 2.66. The molecule has 1 aliphatic rings. The Kier molecular flexibility index (Phi) is 6.20. The van der Waals surface area contributed by atoms with Crippen LogP contribution in [0, 0.1) is 6.92 Å². The second-order valence-electron chi connectivity index (χ2n) is 5.56. The number of anilines is 2. The van der Waals surface area contributed by atoms with Gasteiger partial charge in [-0.25, -0.2) is 15.8 Å². The highest BCUT2D eigenvalue weighted by molar-refractivity contribution is 5.56. The van der Waals surface area contributed by atoms with Crippen LogP contribution in [0.5, 0.6) is 0 Å². The van der Waals surface area contributed by atoms with Crippen LogP contribution in [-0.4, -0.2) is 29.2 Å². The van der Waals surface area contributed by atoms with Gasteiger partial charge in [-0.3, -0.25) is 0 Å². The van der Waals surface area contributed by atoms with E-state index in [1.54, 1.807) is 0 Å². The van der Waals surface area contributed by atoms with Crippen LogP contribution in [0.15, 0.2) is 0 Å². The normalized spacial score (nSPS) is 15.4. The molecule has 6 nitrogen and oxygen atoms in total. The maximum Gasteiger partial charge on any atom is 0.148 e. The Bertz CT molecular complexity index is 446. The van der Waals surface area contributed by atoms with Gasteiger partial charge in [0.2, 0.25) is 0 Å². The lowest BCUT2D eigenvalue weighted by Gasteiger charge is -2.15. The summed E-state index contributed by atoms with van der Waals surface area (Å²) in [6, 6.07) is 0. The molecule has 1 heterocycles. The predicted octanol–water partition coefficient (Wildman–Crippen LogP) is 2.39. The summed E-state index contributed by atoms with van der Waals surface area (Å²) in [5.41, 5.74) is 3.59. The average molecular weight is 293 g/mol. The molecule has 0 aliphatic heterocycles. The first-order valence-corrected chi connectivity index (χ1v) is 7.94. The zero-order valence-corrected chi connectivity index (χ0v) is 13.1. The third-order valence-electron chi connectivity index (χ3n) is 3.85. The molecule has 0 amide bonds. The molecule has 1 saturated carbocycles. The first-order valence-electron chi connectivity index (χ1n) is 7.94. The van der Waals surface area contributed by atoms with Gasteiger partial charge in [0.25, 0.3) is 0 Å². The molecule has 21 heavy (non-hydrogen) atoms. The van der Waals surface area contributed by atoms with Crippen LogP contribution in [0.25, 0.3) is 0 Å². The third-order valence-corrected chi connectivity index (χ3v) is 3.85. The van der Waals surface area contributed by atoms with Crippen LogP contribution in [0.1, 0.15) is 50.4 Å². The molecule has 0 saturated heterocycles. The van der Waals surface area contributed by atoms with Crippen molar-refractivity contribution < 1.29 is 4.74 Å². The lowest BCUT2D eigenvalue weighted by atomic mass is 10.2. The molecule has 118 valence electrons. The van der Waals surface area contributed by atoms with Gasteiger partial charge in [0.15, 0.2) is 0 Å². The quantitative estimate of drug-likeness (QED) is 0.388. The van der Waals surface area contributed by atoms with E-state index in [1.807, 2.05) is 6.92 Å². The van der Waals surface area contributed by atoms with E-state index in [9.17, 15) is 0 Å². The molecule has 0 spiro atoms. The molecule has 1 fully saturated rings. The number of hydrogen-bond acceptors (Lipinski definition) is 6. The Morgan fingerprint density at radius 1 is 1.24 bits per heavy atom. The van der Waals surface area contributed by atoms with Gasteiger partial charge < -0.3 is 15.5 Å². The maximum atomic E-state index is 5.85. The molecular formula is C15H27N5O. The van der Waals surface area contributed by atoms with Crippen LogP contribution in [0.4, 0.5) is 11.6 Å². The molecule has 0 bridgehead atoms. The van der Waals surface area contributed by atoms with E-state index in [4.69, 9.17) is 10.6 Å². The summed E-state index contributed by atoms with van der Waals surface area (Å²) < 4.78 is 5.85. The number of aryl methyl sites for hydroxylation is 1. The fraction of sp³-hybridized carbons (Fsp3) is 0.733. The van der Waals surface area contributed by atoms with Crippen LogP contribution in [-0.2, 0) is 11.2 Å². The lowest BCUT2D eigenvalue weighted by Crippen LogP contribution is -2.18. The minimum absolute atomic E-state index is 0.454. The van der Waals surface area contributed by atoms with Crippen molar-refractivity contribution in [1.82, 2.24) is 9.97 Å². The van der Waals surface area contributed by atoms with Gasteiger partial charge in [-0.15, -0.1) is 0 Å². The van der Waals surface area contributed by atoms with Crippen LogP contribution >= 0.6 is 0 Å². The number of hydrogen-bond donors (Lipinski definition) is 3. The zero-order valence-electron chi connectivity index (χ0n) is 13.1. The monoisotopic (exact) mass is 293 g/mol. The second kappa shape index (κ2) is 8.14. The highest BCUT2D eigenvalue weighted by Gasteiger charge is 2.15. The first-order chi connectivity index (χ1) is 10.2. The van der Waals surface area contributed by atoms with Crippen LogP contribution < -0.4 is 16.6 Å². The number of nitrogens with two attached hydrogens (primary N) is 1. The number of nitrogens with one attached hydrogen (secondary N) is 2. The molecule has 1 aromatic rings. The Labute approximate surface area is 126 Å². The first kappa shape index (κ1) is 16.0. The number of hydrazine groups is 1. The Hall–Kier alpha value is -1.40. The summed E-state index contributed by atoms with van der Waals surface area (Å²) in [4.78, 5) is 8.98. The molecular weight excluding hydrogens is 266 g/mol. The summed E-state index contributed by atoms with van der Waals surface area (Å²) in [5.74, 6) is 7.88. The van der Waals surface area contributed by atoms with E-state index in [0.29, 0.717) is 18.5 Å². The number of ether oxygens (including phenoxy) is 1. The molecule has 0 atom stereocenters. The molecule has 1 aliphatic carbocycles. The Morgan fingerprint density at radius 3 is 2.62 bits per heavy atom. The van der Waals surface area contributed by atoms with Gasteiger partial charge >= 0.3 is 0 Å². The van der Waals surface area contributed by atoms with Crippen molar-refractivity contribution in [1.29, 1.82) is 0 Å². The topological polar surface area (TPSA) is 85.1 Å². The van der Waals surface area contributed by atoms with Crippen molar-refractivity contribution >= 4 is 11.6 Å². The standard InChI is InChI=1S/C15H27N5O/c1-3-6-13-18-14(11(2)15(19-13)20-16)17-9-10-21-12-7-4-5-8-12/h12H,3-10,16H2,1-2H3,(H2,17,18,19,20). The smallest absolute Gasteiger partial charge is 0.148 e. The average Bonchev–Trinajstić information content (AvgIpc) is 2.99. The van der Waals surface area contributed by atoms with E-state index in [0.717, 1.165) is 36.6 Å². The summed E-state index contributed by atoms with van der Waals surface area (Å²) in [6.07, 6.45) is 7.32. The van der Waals surface area contributed by atoms with Crippen molar-refractivity contribution in [2.24, 2.45) is 5.84 Å². The van der Waals surface area contributed by atoms with Crippen LogP contribution in [0.2, 0.25) is 0 Å². The van der Waals surface area contributed by atoms with Crippen LogP contribution in [0.3, 0.4) is 0 Å². The predicted molar refractivity (Wildman–Crippen MR) is 85.3 cm³/mol. The molecule has 1 aromatic heterocycles. The van der Waals surface area contributed by atoms with E-state index >= 15 is 0 Å². The van der Waals surface area contributed by atoms with Gasteiger partial charge in [0.05, 0.1) is 12.7 Å². The Morgan fingerprint density at radius 2 is 1.95 bits per heavy atom. The summed E-state index contributed by atoms with van der Waals surface area (Å²) in [7, 11) is 0. The van der Waals surface area contributed by atoms with E-state index < -0.39 is 0 Å². The fourth-order valence-electron chi connectivity index (χ4n) is 2.66. The number of rotatable bonds is 8. The molecule has 0 unspecified atom stereocenters. The number of nitrogens with zero attached hydrogens (tertiary/aromatic N) is 2. The second-order valence-corrected chi connectivity index (χ2v) is 5.56. The number of nitrogen functional groups attached to an aromatic ring is 1. The minimum Gasteiger partial charge on any atom is -0.376 e. The summed E-state index contributed by atoms with van der Waals surface area (Å²) in [5, 5.41) is 3.34. The van der Waals surface area contributed by atoms with Gasteiger partial charge in [-0.1, -0.05) is 19.8 Å². The SMILES string of the molecule is CCCc1nc(NN)c(C)c(NCCOC2CCCC2)n1. The van der Waals surface area contributed by atoms with Crippen molar-refractivity contribution in [3.63, 3.8) is 0 Å². The van der Waals surface area contributed by atoms with Gasteiger partial charge in [-0.05, 0) is 26.2 Å². The Balaban J connectivity index is 1.89. The molecule has 2 rings (SSSR count). The zero-order chi connectivity index (χ0) is 15.1. The minimum atomic E-state index is 0.454. The van der Waals surface area contributed by atoms with E-state index in [-0.39, 0.29) is 0 Å². The van der Waals surface area contributed by atoms with Crippen molar-refractivity contribution in [2.45, 2.75) is 58.5 Å². The highest BCUT2D eigenvalue weighted by atomic mass is 16.5. The lowest BCUT2D eigenvalue weighted by molar-refractivity contribution is 0.0658. The van der Waals surface area contributed by atoms with E-state index in [2.05, 4.69) is 27.6 Å². The van der Waals surface area contributed by atoms with Gasteiger partial charge in [-0.2, -0.15) is 0 Å². The van der Waals surface area contributed by atoms with Crippen molar-refractivity contribution in [3.05, 3.63) is 11.4 Å². The highest BCUT2D eigenvalue weighted by Crippen LogP contribution is 2.21.